The fraction of sp³-hybridized carbons (Fsp3) is 0.214. The summed E-state index contributed by atoms with van der Waals surface area (Å²) in [6.07, 6.45) is 0.0371. The molecule has 19 heavy (non-hydrogen) atoms. The molecule has 0 fully saturated rings. The lowest BCUT2D eigenvalue weighted by Crippen LogP contribution is -2.04. The normalized spacial score (nSPS) is 10.5. The number of thiophene rings is 1. The first-order valence-corrected chi connectivity index (χ1v) is 7.24. The first-order valence-electron chi connectivity index (χ1n) is 5.63. The number of ether oxygens (including phenoxy) is 1. The summed E-state index contributed by atoms with van der Waals surface area (Å²) < 4.78 is 19.8. The van der Waals surface area contributed by atoms with Gasteiger partial charge in [0.1, 0.15) is 0 Å². The molecule has 0 unspecified atom stereocenters. The van der Waals surface area contributed by atoms with E-state index in [1.807, 2.05) is 13.0 Å². The number of Topliss-reactive ketones (excluding diaryl/α,β-unsaturated/α-hetero) is 1. The van der Waals surface area contributed by atoms with Crippen LogP contribution in [-0.2, 0) is 6.42 Å². The van der Waals surface area contributed by atoms with Crippen LogP contribution in [0, 0.1) is 12.7 Å². The fourth-order valence-electron chi connectivity index (χ4n) is 1.71. The van der Waals surface area contributed by atoms with Gasteiger partial charge in [0, 0.05) is 6.42 Å². The second-order valence-electron chi connectivity index (χ2n) is 4.10. The molecule has 100 valence electrons. The van der Waals surface area contributed by atoms with E-state index in [-0.39, 0.29) is 18.0 Å². The topological polar surface area (TPSA) is 26.3 Å². The molecular weight excluding hydrogens is 331 g/mol. The van der Waals surface area contributed by atoms with E-state index in [1.54, 1.807) is 12.1 Å². The highest BCUT2D eigenvalue weighted by atomic mass is 79.9. The lowest BCUT2D eigenvalue weighted by Gasteiger charge is -2.06. The molecule has 0 amide bonds. The van der Waals surface area contributed by atoms with Gasteiger partial charge in [0.05, 0.1) is 15.8 Å². The largest absolute Gasteiger partial charge is 0.494 e. The Labute approximate surface area is 123 Å². The van der Waals surface area contributed by atoms with Crippen molar-refractivity contribution < 1.29 is 13.9 Å². The molecule has 1 aromatic carbocycles. The van der Waals surface area contributed by atoms with E-state index in [4.69, 9.17) is 4.74 Å². The van der Waals surface area contributed by atoms with E-state index in [0.29, 0.717) is 10.4 Å². The molecule has 2 aromatic rings. The van der Waals surface area contributed by atoms with Crippen LogP contribution in [0.4, 0.5) is 4.39 Å². The summed E-state index contributed by atoms with van der Waals surface area (Å²) in [5.41, 5.74) is 1.37. The van der Waals surface area contributed by atoms with Crippen molar-refractivity contribution in [3.8, 4) is 5.75 Å². The highest BCUT2D eigenvalue weighted by Gasteiger charge is 2.16. The molecule has 0 spiro atoms. The van der Waals surface area contributed by atoms with Crippen LogP contribution in [0.15, 0.2) is 28.1 Å². The second kappa shape index (κ2) is 5.84. The van der Waals surface area contributed by atoms with E-state index in [2.05, 4.69) is 15.9 Å². The summed E-state index contributed by atoms with van der Waals surface area (Å²) in [4.78, 5) is 12.7. The Kier molecular flexibility index (Phi) is 4.37. The van der Waals surface area contributed by atoms with Crippen LogP contribution in [0.1, 0.15) is 20.8 Å². The van der Waals surface area contributed by atoms with Gasteiger partial charge in [-0.3, -0.25) is 4.79 Å². The van der Waals surface area contributed by atoms with Gasteiger partial charge in [-0.15, -0.1) is 11.3 Å². The number of halogens is 2. The molecule has 0 N–H and O–H groups in total. The minimum atomic E-state index is -0.467. The van der Waals surface area contributed by atoms with E-state index in [9.17, 15) is 9.18 Å². The van der Waals surface area contributed by atoms with Crippen LogP contribution in [0.5, 0.6) is 5.75 Å². The molecule has 2 rings (SSSR count). The third-order valence-electron chi connectivity index (χ3n) is 2.75. The zero-order chi connectivity index (χ0) is 14.0. The number of benzene rings is 1. The Morgan fingerprint density at radius 2 is 2.21 bits per heavy atom. The van der Waals surface area contributed by atoms with E-state index >= 15 is 0 Å². The lowest BCUT2D eigenvalue weighted by molar-refractivity contribution is 0.0995. The Hall–Kier alpha value is -1.20. The van der Waals surface area contributed by atoms with Crippen molar-refractivity contribution in [3.63, 3.8) is 0 Å². The maximum absolute atomic E-state index is 14.0. The summed E-state index contributed by atoms with van der Waals surface area (Å²) in [7, 11) is 1.41. The van der Waals surface area contributed by atoms with Gasteiger partial charge >= 0.3 is 0 Å². The van der Waals surface area contributed by atoms with Crippen molar-refractivity contribution in [2.24, 2.45) is 0 Å². The van der Waals surface area contributed by atoms with Gasteiger partial charge in [-0.05, 0) is 46.1 Å². The average Bonchev–Trinajstić information content (AvgIpc) is 2.72. The Balaban J connectivity index is 2.24. The molecule has 5 heteroatoms. The molecule has 0 aliphatic heterocycles. The van der Waals surface area contributed by atoms with Crippen LogP contribution in [0.2, 0.25) is 0 Å². The monoisotopic (exact) mass is 342 g/mol. The van der Waals surface area contributed by atoms with Gasteiger partial charge in [0.2, 0.25) is 0 Å². The van der Waals surface area contributed by atoms with Crippen molar-refractivity contribution in [1.82, 2.24) is 0 Å². The molecule has 0 bridgehead atoms. The summed E-state index contributed by atoms with van der Waals surface area (Å²) in [6.45, 7) is 1.92. The van der Waals surface area contributed by atoms with Crippen LogP contribution >= 0.6 is 27.3 Å². The predicted molar refractivity (Wildman–Crippen MR) is 77.7 cm³/mol. The van der Waals surface area contributed by atoms with E-state index in [0.717, 1.165) is 9.35 Å². The highest BCUT2D eigenvalue weighted by Crippen LogP contribution is 2.29. The third kappa shape index (κ3) is 3.04. The van der Waals surface area contributed by atoms with Crippen molar-refractivity contribution in [3.05, 3.63) is 49.9 Å². The van der Waals surface area contributed by atoms with Crippen molar-refractivity contribution >= 4 is 33.0 Å². The number of hydrogen-bond acceptors (Lipinski definition) is 3. The number of carbonyl (C=O) groups is 1. The van der Waals surface area contributed by atoms with Crippen LogP contribution < -0.4 is 4.74 Å². The number of ketones is 1. The second-order valence-corrected chi connectivity index (χ2v) is 6.47. The molecule has 0 saturated carbocycles. The van der Waals surface area contributed by atoms with Gasteiger partial charge in [0.25, 0.3) is 0 Å². The van der Waals surface area contributed by atoms with Gasteiger partial charge in [-0.2, -0.15) is 0 Å². The smallest absolute Gasteiger partial charge is 0.177 e. The molecule has 0 aliphatic rings. The molecule has 0 saturated heterocycles. The van der Waals surface area contributed by atoms with Crippen LogP contribution in [0.3, 0.4) is 0 Å². The maximum atomic E-state index is 14.0. The van der Waals surface area contributed by atoms with E-state index < -0.39 is 5.82 Å². The minimum absolute atomic E-state index is 0.0371. The summed E-state index contributed by atoms with van der Waals surface area (Å²) >= 11 is 4.75. The number of methoxy groups -OCH3 is 1. The average molecular weight is 343 g/mol. The van der Waals surface area contributed by atoms with Crippen molar-refractivity contribution in [2.45, 2.75) is 13.3 Å². The van der Waals surface area contributed by atoms with Crippen LogP contribution in [0.25, 0.3) is 0 Å². The number of aryl methyl sites for hydroxylation is 1. The standard InChI is InChI=1S/C14H12BrFO2S/c1-8-6-12(19-14(8)15)10(17)7-9-4-3-5-11(18-2)13(9)16/h3-6H,7H2,1-2H3. The molecule has 1 heterocycles. The predicted octanol–water partition coefficient (Wildman–Crippen LogP) is 4.39. The summed E-state index contributed by atoms with van der Waals surface area (Å²) in [5.74, 6) is -0.398. The molecule has 1 aromatic heterocycles. The fourth-order valence-corrected chi connectivity index (χ4v) is 3.18. The Bertz CT molecular complexity index is 602. The lowest BCUT2D eigenvalue weighted by atomic mass is 10.1. The molecular formula is C14H12BrFO2S. The minimum Gasteiger partial charge on any atom is -0.494 e. The third-order valence-corrected chi connectivity index (χ3v) is 4.92. The zero-order valence-electron chi connectivity index (χ0n) is 10.5. The van der Waals surface area contributed by atoms with Gasteiger partial charge in [-0.25, -0.2) is 4.39 Å². The summed E-state index contributed by atoms with van der Waals surface area (Å²) in [5, 5.41) is 0. The number of carbonyl (C=O) groups excluding carboxylic acids is 1. The van der Waals surface area contributed by atoms with Gasteiger partial charge in [-0.1, -0.05) is 12.1 Å². The SMILES string of the molecule is COc1cccc(CC(=O)c2cc(C)c(Br)s2)c1F. The van der Waals surface area contributed by atoms with Gasteiger partial charge in [0.15, 0.2) is 17.3 Å². The Morgan fingerprint density at radius 3 is 2.79 bits per heavy atom. The van der Waals surface area contributed by atoms with E-state index in [1.165, 1.54) is 24.5 Å². The number of rotatable bonds is 4. The maximum Gasteiger partial charge on any atom is 0.177 e. The highest BCUT2D eigenvalue weighted by molar-refractivity contribution is 9.11. The molecule has 2 nitrogen and oxygen atoms in total. The first-order chi connectivity index (χ1) is 9.02. The van der Waals surface area contributed by atoms with Crippen molar-refractivity contribution in [1.29, 1.82) is 0 Å². The molecule has 0 atom stereocenters. The first kappa shape index (κ1) is 14.2. The molecule has 0 aliphatic carbocycles. The molecule has 0 radical (unpaired) electrons. The number of hydrogen-bond donors (Lipinski definition) is 0. The van der Waals surface area contributed by atoms with Crippen LogP contribution in [-0.4, -0.2) is 12.9 Å². The zero-order valence-corrected chi connectivity index (χ0v) is 12.9. The summed E-state index contributed by atoms with van der Waals surface area (Å²) in [6, 6.07) is 6.63. The van der Waals surface area contributed by atoms with Crippen molar-refractivity contribution in [2.75, 3.05) is 7.11 Å². The quantitative estimate of drug-likeness (QED) is 0.770. The Morgan fingerprint density at radius 1 is 1.47 bits per heavy atom. The van der Waals surface area contributed by atoms with Gasteiger partial charge < -0.3 is 4.74 Å².